The molecule has 26 heavy (non-hydrogen) atoms. The Kier molecular flexibility index (Phi) is 6.32. The van der Waals surface area contributed by atoms with Gasteiger partial charge in [-0.15, -0.1) is 0 Å². The number of aromatic amines is 1. The number of Topliss-reactive ketones (excluding diaryl/α,β-unsaturated/α-hetero) is 1. The third-order valence-electron chi connectivity index (χ3n) is 4.67. The Hall–Kier alpha value is -2.47. The number of esters is 1. The maximum Gasteiger partial charge on any atom is 0.340 e. The van der Waals surface area contributed by atoms with Gasteiger partial charge in [0.05, 0.1) is 24.9 Å². The largest absolute Gasteiger partial charge is 0.462 e. The molecular formula is C20H26FN2O3+. The normalized spacial score (nSPS) is 13.3. The van der Waals surface area contributed by atoms with Gasteiger partial charge in [0.2, 0.25) is 5.78 Å². The minimum Gasteiger partial charge on any atom is -0.462 e. The maximum absolute atomic E-state index is 13.4. The number of aryl methyl sites for hydroxylation is 1. The number of hydrogen-bond donors (Lipinski definition) is 2. The van der Waals surface area contributed by atoms with E-state index in [0.717, 1.165) is 10.5 Å². The Bertz CT molecular complexity index is 813. The van der Waals surface area contributed by atoms with Gasteiger partial charge in [0.15, 0.2) is 6.04 Å². The summed E-state index contributed by atoms with van der Waals surface area (Å²) in [7, 11) is 1.89. The van der Waals surface area contributed by atoms with Crippen LogP contribution in [-0.4, -0.2) is 36.4 Å². The second-order valence-corrected chi connectivity index (χ2v) is 6.58. The van der Waals surface area contributed by atoms with Crippen molar-refractivity contribution in [1.29, 1.82) is 0 Å². The highest BCUT2D eigenvalue weighted by Gasteiger charge is 2.29. The van der Waals surface area contributed by atoms with Gasteiger partial charge < -0.3 is 14.6 Å². The minimum absolute atomic E-state index is 0.0879. The highest BCUT2D eigenvalue weighted by molar-refractivity contribution is 6.03. The summed E-state index contributed by atoms with van der Waals surface area (Å²) in [5.41, 5.74) is 2.91. The molecule has 0 saturated heterocycles. The van der Waals surface area contributed by atoms with Crippen LogP contribution in [0.3, 0.4) is 0 Å². The second kappa shape index (κ2) is 8.27. The summed E-state index contributed by atoms with van der Waals surface area (Å²) in [6.07, 6.45) is 0. The lowest BCUT2D eigenvalue weighted by Crippen LogP contribution is -3.12. The summed E-state index contributed by atoms with van der Waals surface area (Å²) in [4.78, 5) is 29.0. The zero-order chi connectivity index (χ0) is 19.4. The van der Waals surface area contributed by atoms with E-state index in [1.165, 1.54) is 12.1 Å². The van der Waals surface area contributed by atoms with E-state index in [0.29, 0.717) is 29.1 Å². The molecule has 140 valence electrons. The van der Waals surface area contributed by atoms with Gasteiger partial charge in [0, 0.05) is 11.3 Å². The van der Waals surface area contributed by atoms with Crippen molar-refractivity contribution in [2.24, 2.45) is 0 Å². The SMILES string of the molecule is CCOC(=O)c1c(C)[nH]c(C(=O)[C@H](C)[NH+](C)Cc2cccc(F)c2)c1C. The van der Waals surface area contributed by atoms with Gasteiger partial charge in [-0.3, -0.25) is 4.79 Å². The first-order chi connectivity index (χ1) is 12.3. The number of H-pyrrole nitrogens is 1. The lowest BCUT2D eigenvalue weighted by atomic mass is 10.0. The minimum atomic E-state index is -0.425. The van der Waals surface area contributed by atoms with Crippen LogP contribution in [-0.2, 0) is 11.3 Å². The number of rotatable bonds is 7. The van der Waals surface area contributed by atoms with Crippen molar-refractivity contribution in [1.82, 2.24) is 4.98 Å². The van der Waals surface area contributed by atoms with Crippen LogP contribution >= 0.6 is 0 Å². The van der Waals surface area contributed by atoms with Crippen molar-refractivity contribution in [2.75, 3.05) is 13.7 Å². The molecule has 2 aromatic rings. The highest BCUT2D eigenvalue weighted by Crippen LogP contribution is 2.20. The van der Waals surface area contributed by atoms with Crippen LogP contribution in [0.4, 0.5) is 4.39 Å². The monoisotopic (exact) mass is 361 g/mol. The average molecular weight is 361 g/mol. The van der Waals surface area contributed by atoms with E-state index in [1.807, 2.05) is 20.0 Å². The number of nitrogens with one attached hydrogen (secondary N) is 2. The van der Waals surface area contributed by atoms with Gasteiger partial charge >= 0.3 is 5.97 Å². The van der Waals surface area contributed by atoms with Gasteiger partial charge in [-0.2, -0.15) is 0 Å². The van der Waals surface area contributed by atoms with Crippen molar-refractivity contribution in [2.45, 2.75) is 40.3 Å². The third kappa shape index (κ3) is 4.19. The van der Waals surface area contributed by atoms with Gasteiger partial charge in [-0.1, -0.05) is 12.1 Å². The standard InChI is InChI=1S/C20H25FN2O3/c1-6-26-20(25)17-12(2)18(22-13(17)3)19(24)14(4)23(5)11-15-8-7-9-16(21)10-15/h7-10,14,22H,6,11H2,1-5H3/p+1/t14-/m0/s1. The van der Waals surface area contributed by atoms with E-state index >= 15 is 0 Å². The van der Waals surface area contributed by atoms with Crippen molar-refractivity contribution in [3.05, 3.63) is 58.2 Å². The number of aromatic nitrogens is 1. The van der Waals surface area contributed by atoms with Gasteiger partial charge in [-0.25, -0.2) is 9.18 Å². The Morgan fingerprint density at radius 1 is 1.31 bits per heavy atom. The number of benzene rings is 1. The molecule has 1 aromatic carbocycles. The molecule has 0 amide bonds. The smallest absolute Gasteiger partial charge is 0.340 e. The summed E-state index contributed by atoms with van der Waals surface area (Å²) in [5.74, 6) is -0.801. The molecule has 1 aromatic heterocycles. The van der Waals surface area contributed by atoms with Crippen molar-refractivity contribution >= 4 is 11.8 Å². The first-order valence-electron chi connectivity index (χ1n) is 8.73. The Labute approximate surface area is 153 Å². The van der Waals surface area contributed by atoms with E-state index in [2.05, 4.69) is 4.98 Å². The fourth-order valence-corrected chi connectivity index (χ4v) is 3.07. The van der Waals surface area contributed by atoms with Crippen molar-refractivity contribution < 1.29 is 23.6 Å². The molecular weight excluding hydrogens is 335 g/mol. The van der Waals surface area contributed by atoms with E-state index in [1.54, 1.807) is 26.8 Å². The summed E-state index contributed by atoms with van der Waals surface area (Å²) >= 11 is 0. The molecule has 0 saturated carbocycles. The molecule has 6 heteroatoms. The van der Waals surface area contributed by atoms with Crippen LogP contribution in [0.15, 0.2) is 24.3 Å². The second-order valence-electron chi connectivity index (χ2n) is 6.58. The molecule has 2 N–H and O–H groups in total. The molecule has 0 bridgehead atoms. The van der Waals surface area contributed by atoms with Crippen molar-refractivity contribution in [3.8, 4) is 0 Å². The van der Waals surface area contributed by atoms with Crippen LogP contribution < -0.4 is 4.90 Å². The number of quaternary nitrogens is 1. The van der Waals surface area contributed by atoms with Gasteiger partial charge in [0.25, 0.3) is 0 Å². The molecule has 2 atom stereocenters. The zero-order valence-electron chi connectivity index (χ0n) is 15.9. The Morgan fingerprint density at radius 3 is 2.62 bits per heavy atom. The average Bonchev–Trinajstić information content (AvgIpc) is 2.88. The molecule has 1 unspecified atom stereocenters. The lowest BCUT2D eigenvalue weighted by molar-refractivity contribution is -0.907. The quantitative estimate of drug-likeness (QED) is 0.587. The molecule has 0 radical (unpaired) electrons. The molecule has 2 rings (SSSR count). The predicted octanol–water partition coefficient (Wildman–Crippen LogP) is 2.23. The van der Waals surface area contributed by atoms with Crippen molar-refractivity contribution in [3.63, 3.8) is 0 Å². The molecule has 0 fully saturated rings. The summed E-state index contributed by atoms with van der Waals surface area (Å²) in [6.45, 7) is 7.88. The molecule has 1 heterocycles. The van der Waals surface area contributed by atoms with E-state index in [9.17, 15) is 14.0 Å². The molecule has 0 aliphatic heterocycles. The molecule has 5 nitrogen and oxygen atoms in total. The first-order valence-corrected chi connectivity index (χ1v) is 8.73. The number of carbonyl (C=O) groups is 2. The summed E-state index contributed by atoms with van der Waals surface area (Å²) in [5, 5.41) is 0. The lowest BCUT2D eigenvalue weighted by Gasteiger charge is -2.20. The number of ether oxygens (including phenoxy) is 1. The molecule has 0 spiro atoms. The topological polar surface area (TPSA) is 63.6 Å². The first kappa shape index (κ1) is 19.8. The van der Waals surface area contributed by atoms with Gasteiger partial charge in [0.1, 0.15) is 12.4 Å². The van der Waals surface area contributed by atoms with Crippen LogP contribution in [0.5, 0.6) is 0 Å². The highest BCUT2D eigenvalue weighted by atomic mass is 19.1. The van der Waals surface area contributed by atoms with Crippen LogP contribution in [0.25, 0.3) is 0 Å². The van der Waals surface area contributed by atoms with Crippen LogP contribution in [0.1, 0.15) is 51.5 Å². The van der Waals surface area contributed by atoms with E-state index < -0.39 is 5.97 Å². The summed E-state index contributed by atoms with van der Waals surface area (Å²) in [6, 6.07) is 6.02. The molecule has 0 aliphatic carbocycles. The zero-order valence-corrected chi connectivity index (χ0v) is 15.9. The fourth-order valence-electron chi connectivity index (χ4n) is 3.07. The third-order valence-corrected chi connectivity index (χ3v) is 4.67. The van der Waals surface area contributed by atoms with Crippen LogP contribution in [0, 0.1) is 19.7 Å². The van der Waals surface area contributed by atoms with Crippen LogP contribution in [0.2, 0.25) is 0 Å². The molecule has 0 aliphatic rings. The number of hydrogen-bond acceptors (Lipinski definition) is 3. The number of ketones is 1. The number of likely N-dealkylation sites (N-methyl/N-ethyl adjacent to an activating group) is 1. The maximum atomic E-state index is 13.4. The number of carbonyl (C=O) groups excluding carboxylic acids is 2. The Balaban J connectivity index is 2.20. The van der Waals surface area contributed by atoms with E-state index in [4.69, 9.17) is 4.74 Å². The predicted molar refractivity (Wildman–Crippen MR) is 97.0 cm³/mol. The fraction of sp³-hybridized carbons (Fsp3) is 0.400. The number of halogens is 1. The van der Waals surface area contributed by atoms with E-state index in [-0.39, 0.29) is 24.2 Å². The Morgan fingerprint density at radius 2 is 2.00 bits per heavy atom. The summed E-state index contributed by atoms with van der Waals surface area (Å²) < 4.78 is 18.4. The van der Waals surface area contributed by atoms with Gasteiger partial charge in [-0.05, 0) is 45.4 Å².